The molecule has 0 bridgehead atoms. The molecule has 7 heteroatoms. The zero-order chi connectivity index (χ0) is 13.5. The first-order valence-electron chi connectivity index (χ1n) is 5.07. The number of aryl methyl sites for hydroxylation is 1. The summed E-state index contributed by atoms with van der Waals surface area (Å²) in [5.41, 5.74) is 0.909. The number of aromatic nitrogens is 2. The Kier molecular flexibility index (Phi) is 3.53. The lowest BCUT2D eigenvalue weighted by Gasteiger charge is -2.06. The molecule has 1 heterocycles. The molecule has 0 unspecified atom stereocenters. The fourth-order valence-corrected chi connectivity index (χ4v) is 3.34. The molecule has 2 rings (SSSR count). The third-order valence-electron chi connectivity index (χ3n) is 2.50. The van der Waals surface area contributed by atoms with Crippen LogP contribution in [0.4, 0.5) is 0 Å². The zero-order valence-corrected chi connectivity index (χ0v) is 12.8. The summed E-state index contributed by atoms with van der Waals surface area (Å²) < 4.78 is 26.5. The Morgan fingerprint density at radius 3 is 2.22 bits per heavy atom. The van der Waals surface area contributed by atoms with Crippen molar-refractivity contribution in [1.29, 1.82) is 0 Å². The van der Waals surface area contributed by atoms with Crippen LogP contribution in [-0.2, 0) is 10.0 Å². The van der Waals surface area contributed by atoms with Gasteiger partial charge in [-0.2, -0.15) is 17.6 Å². The summed E-state index contributed by atoms with van der Waals surface area (Å²) in [6.45, 7) is 3.29. The molecule has 0 saturated heterocycles. The Labute approximate surface area is 119 Å². The lowest BCUT2D eigenvalue weighted by molar-refractivity contribution is 0.578. The Bertz CT molecular complexity index is 693. The third-order valence-corrected chi connectivity index (χ3v) is 5.26. The summed E-state index contributed by atoms with van der Waals surface area (Å²) in [6.07, 6.45) is 0. The second-order valence-electron chi connectivity index (χ2n) is 3.79. The maximum Gasteiger partial charge on any atom is 0.283 e. The summed E-state index contributed by atoms with van der Waals surface area (Å²) in [5.74, 6) is 0. The molecule has 0 amide bonds. The van der Waals surface area contributed by atoms with Gasteiger partial charge in [0.1, 0.15) is 0 Å². The summed E-state index contributed by atoms with van der Waals surface area (Å²) in [7, 11) is -3.69. The van der Waals surface area contributed by atoms with Gasteiger partial charge in [-0.15, -0.1) is 0 Å². The predicted octanol–water partition coefficient (Wildman–Crippen LogP) is 3.15. The number of rotatable bonds is 2. The topological polar surface area (TPSA) is 52.0 Å². The highest BCUT2D eigenvalue weighted by molar-refractivity contribution is 9.10. The Morgan fingerprint density at radius 1 is 1.22 bits per heavy atom. The van der Waals surface area contributed by atoms with E-state index in [0.29, 0.717) is 16.4 Å². The first-order valence-corrected chi connectivity index (χ1v) is 7.68. The van der Waals surface area contributed by atoms with Crippen molar-refractivity contribution in [2.75, 3.05) is 0 Å². The van der Waals surface area contributed by atoms with Gasteiger partial charge in [0.05, 0.1) is 21.3 Å². The van der Waals surface area contributed by atoms with Crippen molar-refractivity contribution in [2.24, 2.45) is 0 Å². The fraction of sp³-hybridized carbons (Fsp3) is 0.182. The maximum atomic E-state index is 12.4. The molecule has 0 N–H and O–H groups in total. The van der Waals surface area contributed by atoms with Gasteiger partial charge in [0.2, 0.25) is 0 Å². The second kappa shape index (κ2) is 4.68. The van der Waals surface area contributed by atoms with Crippen molar-refractivity contribution < 1.29 is 8.42 Å². The van der Waals surface area contributed by atoms with Crippen LogP contribution in [0.2, 0.25) is 5.02 Å². The van der Waals surface area contributed by atoms with E-state index in [4.69, 9.17) is 11.6 Å². The monoisotopic (exact) mass is 348 g/mol. The van der Waals surface area contributed by atoms with E-state index in [9.17, 15) is 8.42 Å². The minimum atomic E-state index is -3.69. The van der Waals surface area contributed by atoms with E-state index in [-0.39, 0.29) is 4.90 Å². The minimum Gasteiger partial charge on any atom is -0.199 e. The van der Waals surface area contributed by atoms with Crippen LogP contribution < -0.4 is 0 Å². The molecule has 1 aromatic carbocycles. The molecule has 0 aliphatic carbocycles. The second-order valence-corrected chi connectivity index (χ2v) is 6.85. The van der Waals surface area contributed by atoms with Gasteiger partial charge >= 0.3 is 0 Å². The van der Waals surface area contributed by atoms with Crippen LogP contribution in [0.5, 0.6) is 0 Å². The molecule has 1 aromatic heterocycles. The number of hydrogen-bond donors (Lipinski definition) is 0. The largest absolute Gasteiger partial charge is 0.283 e. The highest BCUT2D eigenvalue weighted by Gasteiger charge is 2.22. The third kappa shape index (κ3) is 2.20. The van der Waals surface area contributed by atoms with Crippen molar-refractivity contribution in [1.82, 2.24) is 9.19 Å². The molecule has 18 heavy (non-hydrogen) atoms. The molecule has 96 valence electrons. The normalized spacial score (nSPS) is 11.8. The van der Waals surface area contributed by atoms with Crippen molar-refractivity contribution in [2.45, 2.75) is 18.7 Å². The van der Waals surface area contributed by atoms with Crippen LogP contribution in [-0.4, -0.2) is 17.6 Å². The molecule has 0 aliphatic rings. The minimum absolute atomic E-state index is 0.174. The average molecular weight is 350 g/mol. The quantitative estimate of drug-likeness (QED) is 0.837. The number of halogens is 2. The van der Waals surface area contributed by atoms with Crippen molar-refractivity contribution in [3.8, 4) is 0 Å². The van der Waals surface area contributed by atoms with Gasteiger partial charge in [0, 0.05) is 4.47 Å². The molecule has 0 aliphatic heterocycles. The molecule has 0 saturated carbocycles. The van der Waals surface area contributed by atoms with Crippen molar-refractivity contribution in [3.05, 3.63) is 45.1 Å². The van der Waals surface area contributed by atoms with Crippen LogP contribution in [0.1, 0.15) is 11.4 Å². The summed E-state index contributed by atoms with van der Waals surface area (Å²) in [5, 5.41) is 4.34. The highest BCUT2D eigenvalue weighted by Crippen LogP contribution is 2.24. The average Bonchev–Trinajstić information content (AvgIpc) is 2.58. The molecule has 2 aromatic rings. The van der Waals surface area contributed by atoms with Crippen LogP contribution in [0.15, 0.2) is 33.6 Å². The van der Waals surface area contributed by atoms with Gasteiger partial charge in [-0.05, 0) is 38.1 Å². The molecule has 4 nitrogen and oxygen atoms in total. The number of benzene rings is 1. The standard InChI is InChI=1S/C11H10BrClN2O2S/c1-7-11(13)8(2)15(14-7)18(16,17)10-5-3-9(12)4-6-10/h3-6H,1-2H3. The molecule has 0 atom stereocenters. The highest BCUT2D eigenvalue weighted by atomic mass is 79.9. The molecule has 0 spiro atoms. The molecule has 0 radical (unpaired) electrons. The van der Waals surface area contributed by atoms with Crippen LogP contribution >= 0.6 is 27.5 Å². The number of nitrogens with zero attached hydrogens (tertiary/aromatic N) is 2. The SMILES string of the molecule is Cc1nn(S(=O)(=O)c2ccc(Br)cc2)c(C)c1Cl. The smallest absolute Gasteiger partial charge is 0.199 e. The Hall–Kier alpha value is -0.850. The zero-order valence-electron chi connectivity index (χ0n) is 9.68. The first kappa shape index (κ1) is 13.6. The molecular formula is C11H10BrClN2O2S. The van der Waals surface area contributed by atoms with Gasteiger partial charge in [0.15, 0.2) is 0 Å². The summed E-state index contributed by atoms with van der Waals surface area (Å²) >= 11 is 9.22. The maximum absolute atomic E-state index is 12.4. The van der Waals surface area contributed by atoms with Gasteiger partial charge in [-0.1, -0.05) is 27.5 Å². The van der Waals surface area contributed by atoms with Crippen molar-refractivity contribution >= 4 is 37.6 Å². The Morgan fingerprint density at radius 2 is 1.78 bits per heavy atom. The van der Waals surface area contributed by atoms with Gasteiger partial charge in [-0.25, -0.2) is 0 Å². The van der Waals surface area contributed by atoms with E-state index in [1.165, 1.54) is 12.1 Å². The van der Waals surface area contributed by atoms with E-state index in [0.717, 1.165) is 8.56 Å². The van der Waals surface area contributed by atoms with Crippen LogP contribution in [0, 0.1) is 13.8 Å². The Balaban J connectivity index is 2.61. The van der Waals surface area contributed by atoms with E-state index in [2.05, 4.69) is 21.0 Å². The van der Waals surface area contributed by atoms with Crippen LogP contribution in [0.3, 0.4) is 0 Å². The lowest BCUT2D eigenvalue weighted by atomic mass is 10.4. The fourth-order valence-electron chi connectivity index (χ4n) is 1.54. The van der Waals surface area contributed by atoms with Crippen molar-refractivity contribution in [3.63, 3.8) is 0 Å². The summed E-state index contributed by atoms with van der Waals surface area (Å²) in [6, 6.07) is 6.37. The molecule has 0 fully saturated rings. The van der Waals surface area contributed by atoms with E-state index < -0.39 is 10.0 Å². The number of hydrogen-bond acceptors (Lipinski definition) is 3. The predicted molar refractivity (Wildman–Crippen MR) is 73.4 cm³/mol. The van der Waals surface area contributed by atoms with Crippen LogP contribution in [0.25, 0.3) is 0 Å². The first-order chi connectivity index (χ1) is 8.34. The summed E-state index contributed by atoms with van der Waals surface area (Å²) in [4.78, 5) is 0.174. The van der Waals surface area contributed by atoms with Gasteiger partial charge < -0.3 is 0 Å². The van der Waals surface area contributed by atoms with E-state index in [1.54, 1.807) is 26.0 Å². The van der Waals surface area contributed by atoms with Gasteiger partial charge in [0.25, 0.3) is 10.0 Å². The lowest BCUT2D eigenvalue weighted by Crippen LogP contribution is -2.16. The van der Waals surface area contributed by atoms with E-state index in [1.807, 2.05) is 0 Å². The van der Waals surface area contributed by atoms with Gasteiger partial charge in [-0.3, -0.25) is 0 Å². The van der Waals surface area contributed by atoms with E-state index >= 15 is 0 Å². The molecular weight excluding hydrogens is 340 g/mol.